The third kappa shape index (κ3) is 11.3. The molecule has 0 aliphatic rings. The molecule has 0 heterocycles. The zero-order chi connectivity index (χ0) is 28.3. The predicted molar refractivity (Wildman–Crippen MR) is 153 cm³/mol. The summed E-state index contributed by atoms with van der Waals surface area (Å²) in [5.41, 5.74) is 0.244. The van der Waals surface area contributed by atoms with Crippen LogP contribution in [0.25, 0.3) is 0 Å². The van der Waals surface area contributed by atoms with E-state index in [0.29, 0.717) is 6.42 Å². The van der Waals surface area contributed by atoms with Gasteiger partial charge in [0.05, 0.1) is 0 Å². The van der Waals surface area contributed by atoms with Crippen LogP contribution < -0.4 is 20.4 Å². The van der Waals surface area contributed by atoms with E-state index in [4.69, 9.17) is 4.74 Å². The second kappa shape index (κ2) is 14.9. The summed E-state index contributed by atoms with van der Waals surface area (Å²) in [6.45, 7) is 13.2. The van der Waals surface area contributed by atoms with Crippen LogP contribution in [0.2, 0.25) is 5.32 Å². The number of carbonyl (C=O) groups excluding carboxylic acids is 3. The van der Waals surface area contributed by atoms with Gasteiger partial charge in [0.25, 0.3) is 0 Å². The van der Waals surface area contributed by atoms with E-state index in [2.05, 4.69) is 41.9 Å². The minimum absolute atomic E-state index is 0.0290. The van der Waals surface area contributed by atoms with Crippen molar-refractivity contribution in [2.45, 2.75) is 83.9 Å². The Bertz CT molecular complexity index is 1020. The average molecular weight is 589 g/mol. The Morgan fingerprint density at radius 2 is 1.37 bits per heavy atom. The van der Waals surface area contributed by atoms with Gasteiger partial charge >= 0.3 is 214 Å². The summed E-state index contributed by atoms with van der Waals surface area (Å²) in [5.74, 6) is -0.629. The predicted octanol–water partition coefficient (Wildman–Crippen LogP) is 3.85. The molecular weight excluding hydrogens is 545 g/mol. The first-order valence-electron chi connectivity index (χ1n) is 13.2. The second-order valence-electron chi connectivity index (χ2n) is 11.1. The van der Waals surface area contributed by atoms with Gasteiger partial charge in [-0.2, -0.15) is 0 Å². The number of benzene rings is 2. The fourth-order valence-corrected chi connectivity index (χ4v) is 6.17. The van der Waals surface area contributed by atoms with Gasteiger partial charge in [-0.1, -0.05) is 0 Å². The van der Waals surface area contributed by atoms with Crippen LogP contribution in [0.1, 0.15) is 54.0 Å². The van der Waals surface area contributed by atoms with Crippen LogP contribution >= 0.6 is 0 Å². The van der Waals surface area contributed by atoms with E-state index in [1.54, 1.807) is 20.8 Å². The maximum atomic E-state index is 13.6. The SMILES string of the molecule is CC(C)[C@H](NC(=O)OC(C)(C)C)C(=O)N[C@@H](Cc1ccccc1)C(=O)N[C@H](C[Se]c1ccccc1)C(C)C. The second-order valence-corrected chi connectivity index (χ2v) is 13.4. The molecule has 2 aromatic carbocycles. The molecule has 0 spiro atoms. The van der Waals surface area contributed by atoms with Crippen LogP contribution in [0.5, 0.6) is 0 Å². The number of hydrogen-bond donors (Lipinski definition) is 3. The normalized spacial score (nSPS) is 13.9. The standard InChI is InChI=1S/C30H43N3O4Se/c1-20(2)25(19-38-23-16-12-9-13-17-23)32-27(34)24(18-22-14-10-8-11-15-22)31-28(35)26(21(3)4)33-29(36)37-30(5,6)7/h8-17,20-21,24-26H,18-19H2,1-7H3,(H,31,35)(H,32,34)(H,33,36)/t24-,25+,26-/m0/s1. The summed E-state index contributed by atoms with van der Waals surface area (Å²) in [6, 6.07) is 18.2. The first kappa shape index (κ1) is 31.4. The molecule has 0 unspecified atom stereocenters. The molecule has 0 aromatic heterocycles. The van der Waals surface area contributed by atoms with Crippen molar-refractivity contribution in [1.29, 1.82) is 0 Å². The molecule has 208 valence electrons. The molecule has 0 fully saturated rings. The molecule has 3 atom stereocenters. The summed E-state index contributed by atoms with van der Waals surface area (Å²) >= 11 is 0.210. The van der Waals surface area contributed by atoms with Crippen molar-refractivity contribution in [1.82, 2.24) is 16.0 Å². The number of nitrogens with one attached hydrogen (secondary N) is 3. The van der Waals surface area contributed by atoms with E-state index in [-0.39, 0.29) is 38.7 Å². The van der Waals surface area contributed by atoms with Gasteiger partial charge in [0.15, 0.2) is 0 Å². The fraction of sp³-hybridized carbons (Fsp3) is 0.500. The van der Waals surface area contributed by atoms with Gasteiger partial charge < -0.3 is 0 Å². The molecule has 0 bridgehead atoms. The van der Waals surface area contributed by atoms with Crippen molar-refractivity contribution in [3.63, 3.8) is 0 Å². The van der Waals surface area contributed by atoms with E-state index in [9.17, 15) is 14.4 Å². The van der Waals surface area contributed by atoms with E-state index >= 15 is 0 Å². The van der Waals surface area contributed by atoms with Gasteiger partial charge in [-0.05, 0) is 20.8 Å². The number of carbonyl (C=O) groups is 3. The summed E-state index contributed by atoms with van der Waals surface area (Å²) in [5, 5.41) is 9.64. The van der Waals surface area contributed by atoms with Gasteiger partial charge in [-0.25, -0.2) is 0 Å². The molecule has 0 saturated heterocycles. The molecule has 0 radical (unpaired) electrons. The van der Waals surface area contributed by atoms with Crippen LogP contribution in [0.4, 0.5) is 4.79 Å². The van der Waals surface area contributed by atoms with Crippen molar-refractivity contribution >= 4 is 37.3 Å². The third-order valence-corrected chi connectivity index (χ3v) is 8.22. The third-order valence-electron chi connectivity index (χ3n) is 5.84. The van der Waals surface area contributed by atoms with Gasteiger partial charge in [0, 0.05) is 0 Å². The molecule has 8 heteroatoms. The molecule has 7 nitrogen and oxygen atoms in total. The van der Waals surface area contributed by atoms with Gasteiger partial charge in [0.1, 0.15) is 0 Å². The molecular formula is C30H43N3O4Se. The van der Waals surface area contributed by atoms with Crippen LogP contribution in [-0.4, -0.2) is 56.6 Å². The molecule has 38 heavy (non-hydrogen) atoms. The Labute approximate surface area is 234 Å². The van der Waals surface area contributed by atoms with Crippen LogP contribution in [0.15, 0.2) is 60.7 Å². The molecule has 0 saturated carbocycles. The summed E-state index contributed by atoms with van der Waals surface area (Å²) in [7, 11) is 0. The van der Waals surface area contributed by atoms with Gasteiger partial charge in [-0.3, -0.25) is 0 Å². The van der Waals surface area contributed by atoms with Crippen molar-refractivity contribution in [2.75, 3.05) is 0 Å². The number of rotatable bonds is 12. The Morgan fingerprint density at radius 1 is 0.789 bits per heavy atom. The zero-order valence-corrected chi connectivity index (χ0v) is 25.3. The number of amides is 3. The number of ether oxygens (including phenoxy) is 1. The molecule has 2 rings (SSSR count). The Morgan fingerprint density at radius 3 is 1.89 bits per heavy atom. The van der Waals surface area contributed by atoms with Crippen molar-refractivity contribution in [3.8, 4) is 0 Å². The van der Waals surface area contributed by atoms with Crippen molar-refractivity contribution in [2.24, 2.45) is 11.8 Å². The monoisotopic (exact) mass is 589 g/mol. The first-order valence-corrected chi connectivity index (χ1v) is 15.2. The summed E-state index contributed by atoms with van der Waals surface area (Å²) < 4.78 is 6.63. The zero-order valence-electron chi connectivity index (χ0n) is 23.6. The topological polar surface area (TPSA) is 96.5 Å². The molecule has 0 aliphatic heterocycles. The Hall–Kier alpha value is -2.83. The Kier molecular flexibility index (Phi) is 12.3. The summed E-state index contributed by atoms with van der Waals surface area (Å²) in [6.07, 6.45) is -0.331. The Balaban J connectivity index is 2.17. The van der Waals surface area contributed by atoms with E-state index in [1.165, 1.54) is 4.46 Å². The van der Waals surface area contributed by atoms with Crippen LogP contribution in [-0.2, 0) is 20.7 Å². The molecule has 2 aromatic rings. The number of alkyl carbamates (subject to hydrolysis) is 1. The fourth-order valence-electron chi connectivity index (χ4n) is 3.68. The minimum atomic E-state index is -0.849. The summed E-state index contributed by atoms with van der Waals surface area (Å²) in [4.78, 5) is 39.4. The molecule has 0 aliphatic carbocycles. The van der Waals surface area contributed by atoms with E-state index in [1.807, 2.05) is 62.4 Å². The van der Waals surface area contributed by atoms with Crippen LogP contribution in [0.3, 0.4) is 0 Å². The average Bonchev–Trinajstić information content (AvgIpc) is 2.84. The van der Waals surface area contributed by atoms with E-state index < -0.39 is 29.7 Å². The van der Waals surface area contributed by atoms with Gasteiger partial charge in [0.2, 0.25) is 0 Å². The first-order chi connectivity index (χ1) is 17.9. The van der Waals surface area contributed by atoms with Crippen LogP contribution in [0, 0.1) is 11.8 Å². The quantitative estimate of drug-likeness (QED) is 0.329. The molecule has 3 amide bonds. The van der Waals surface area contributed by atoms with Gasteiger partial charge in [-0.15, -0.1) is 0 Å². The molecule has 3 N–H and O–H groups in total. The number of hydrogen-bond acceptors (Lipinski definition) is 4. The maximum absolute atomic E-state index is 13.6. The van der Waals surface area contributed by atoms with Crippen molar-refractivity contribution in [3.05, 3.63) is 66.2 Å². The van der Waals surface area contributed by atoms with E-state index in [0.717, 1.165) is 10.9 Å². The van der Waals surface area contributed by atoms with Crippen molar-refractivity contribution < 1.29 is 19.1 Å².